The molecule has 10 nitrogen and oxygen atoms in total. The van der Waals surface area contributed by atoms with Gasteiger partial charge in [0.15, 0.2) is 0 Å². The van der Waals surface area contributed by atoms with Gasteiger partial charge in [-0.05, 0) is 63.7 Å². The maximum atomic E-state index is 14.9. The summed E-state index contributed by atoms with van der Waals surface area (Å²) >= 11 is 0. The first-order valence-corrected chi connectivity index (χ1v) is 18.7. The molecule has 2 aliphatic heterocycles. The van der Waals surface area contributed by atoms with Crippen LogP contribution in [0.15, 0.2) is 54.2 Å². The SMILES string of the molecule is CC[C@H](OC)[C@@H](C)[C@H]1O[C@@H]1C(N(CCO)Cc1ccc(F)cc1F)C(C)(O)/C=C/C=C(\C)C1OC(=O)C[C@H](C)CC[C@@](C)(O)[C@@H](OC(C)=O)/C=C/[C@@H]1C. The highest BCUT2D eigenvalue weighted by Gasteiger charge is 2.56. The number of carbonyl (C=O) groups excluding carboxylic acids is 2. The van der Waals surface area contributed by atoms with Gasteiger partial charge in [-0.25, -0.2) is 8.78 Å². The second-order valence-corrected chi connectivity index (χ2v) is 15.4. The van der Waals surface area contributed by atoms with Crippen LogP contribution in [0, 0.1) is 29.4 Å². The smallest absolute Gasteiger partial charge is 0.306 e. The number of hydrogen-bond donors (Lipinski definition) is 3. The van der Waals surface area contributed by atoms with E-state index in [4.69, 9.17) is 18.9 Å². The number of rotatable bonds is 15. The van der Waals surface area contributed by atoms with Gasteiger partial charge in [0.25, 0.3) is 0 Å². The van der Waals surface area contributed by atoms with Crippen LogP contribution < -0.4 is 0 Å². The Kier molecular flexibility index (Phi) is 16.4. The summed E-state index contributed by atoms with van der Waals surface area (Å²) in [4.78, 5) is 26.7. The van der Waals surface area contributed by atoms with Gasteiger partial charge in [-0.1, -0.05) is 58.1 Å². The molecule has 3 N–H and O–H groups in total. The summed E-state index contributed by atoms with van der Waals surface area (Å²) in [6.45, 7) is 13.9. The molecule has 53 heavy (non-hydrogen) atoms. The molecule has 0 aliphatic carbocycles. The van der Waals surface area contributed by atoms with E-state index < -0.39 is 53.2 Å². The Hall–Kier alpha value is -3.00. The van der Waals surface area contributed by atoms with E-state index in [9.17, 15) is 33.7 Å². The summed E-state index contributed by atoms with van der Waals surface area (Å²) in [7, 11) is 1.64. The molecule has 1 aromatic rings. The molecule has 11 atom stereocenters. The van der Waals surface area contributed by atoms with Crippen molar-refractivity contribution < 1.29 is 52.6 Å². The topological polar surface area (TPSA) is 138 Å². The minimum absolute atomic E-state index is 0.0276. The molecule has 2 aliphatic rings. The molecule has 3 unspecified atom stereocenters. The Morgan fingerprint density at radius 2 is 1.91 bits per heavy atom. The van der Waals surface area contributed by atoms with Gasteiger partial charge in [0.05, 0.1) is 30.5 Å². The van der Waals surface area contributed by atoms with E-state index in [0.717, 1.165) is 12.5 Å². The second-order valence-electron chi connectivity index (χ2n) is 15.4. The first-order chi connectivity index (χ1) is 24.8. The first kappa shape index (κ1) is 44.4. The van der Waals surface area contributed by atoms with Crippen molar-refractivity contribution in [3.63, 3.8) is 0 Å². The average Bonchev–Trinajstić information content (AvgIpc) is 3.85. The van der Waals surface area contributed by atoms with Crippen molar-refractivity contribution in [3.8, 4) is 0 Å². The summed E-state index contributed by atoms with van der Waals surface area (Å²) in [6.07, 6.45) is 7.60. The van der Waals surface area contributed by atoms with Crippen molar-refractivity contribution in [1.82, 2.24) is 4.90 Å². The van der Waals surface area contributed by atoms with Crippen LogP contribution in [0.3, 0.4) is 0 Å². The Bertz CT molecular complexity index is 1460. The normalized spacial score (nSPS) is 30.8. The van der Waals surface area contributed by atoms with Gasteiger partial charge in [0, 0.05) is 57.0 Å². The van der Waals surface area contributed by atoms with E-state index in [-0.39, 0.29) is 67.6 Å². The van der Waals surface area contributed by atoms with Crippen LogP contribution in [0.25, 0.3) is 0 Å². The minimum Gasteiger partial charge on any atom is -0.457 e. The summed E-state index contributed by atoms with van der Waals surface area (Å²) in [5.41, 5.74) is -2.07. The lowest BCUT2D eigenvalue weighted by Crippen LogP contribution is -2.55. The lowest BCUT2D eigenvalue weighted by molar-refractivity contribution is -0.156. The minimum atomic E-state index is -1.59. The molecule has 0 amide bonds. The molecular formula is C41H61F2NO9. The van der Waals surface area contributed by atoms with Gasteiger partial charge in [-0.3, -0.25) is 14.5 Å². The molecule has 3 rings (SSSR count). The van der Waals surface area contributed by atoms with E-state index >= 15 is 0 Å². The predicted molar refractivity (Wildman–Crippen MR) is 197 cm³/mol. The predicted octanol–water partition coefficient (Wildman–Crippen LogP) is 5.82. The molecule has 0 aromatic heterocycles. The number of aliphatic hydroxyl groups excluding tert-OH is 1. The van der Waals surface area contributed by atoms with Gasteiger partial charge in [-0.15, -0.1) is 0 Å². The van der Waals surface area contributed by atoms with Crippen LogP contribution in [-0.2, 0) is 35.1 Å². The highest BCUT2D eigenvalue weighted by atomic mass is 19.1. The maximum absolute atomic E-state index is 14.9. The molecule has 0 spiro atoms. The van der Waals surface area contributed by atoms with Crippen LogP contribution in [0.2, 0.25) is 0 Å². The van der Waals surface area contributed by atoms with Gasteiger partial charge in [0.2, 0.25) is 0 Å². The van der Waals surface area contributed by atoms with E-state index in [1.54, 1.807) is 63.2 Å². The highest BCUT2D eigenvalue weighted by Crippen LogP contribution is 2.41. The molecule has 1 aromatic carbocycles. The number of methoxy groups -OCH3 is 1. The number of carbonyl (C=O) groups is 2. The largest absolute Gasteiger partial charge is 0.457 e. The lowest BCUT2D eigenvalue weighted by atomic mass is 9.85. The Morgan fingerprint density at radius 3 is 2.51 bits per heavy atom. The van der Waals surface area contributed by atoms with Crippen molar-refractivity contribution in [2.75, 3.05) is 20.3 Å². The second kappa shape index (κ2) is 19.5. The van der Waals surface area contributed by atoms with Crippen molar-refractivity contribution in [3.05, 3.63) is 71.4 Å². The van der Waals surface area contributed by atoms with Crippen LogP contribution in [0.5, 0.6) is 0 Å². The first-order valence-electron chi connectivity index (χ1n) is 18.7. The zero-order chi connectivity index (χ0) is 39.7. The van der Waals surface area contributed by atoms with E-state index in [1.165, 1.54) is 19.1 Å². The summed E-state index contributed by atoms with van der Waals surface area (Å²) in [6, 6.07) is 2.56. The number of epoxide rings is 1. The summed E-state index contributed by atoms with van der Waals surface area (Å²) < 4.78 is 52.1. The van der Waals surface area contributed by atoms with Gasteiger partial charge in [-0.2, -0.15) is 0 Å². The zero-order valence-electron chi connectivity index (χ0n) is 32.8. The summed E-state index contributed by atoms with van der Waals surface area (Å²) in [5.74, 6) is -2.87. The molecule has 0 saturated carbocycles. The molecule has 2 heterocycles. The molecule has 1 fully saturated rings. The van der Waals surface area contributed by atoms with Crippen LogP contribution >= 0.6 is 0 Å². The number of ether oxygens (including phenoxy) is 4. The van der Waals surface area contributed by atoms with Crippen LogP contribution in [-0.4, -0.2) is 100 Å². The van der Waals surface area contributed by atoms with Crippen molar-refractivity contribution in [1.29, 1.82) is 0 Å². The van der Waals surface area contributed by atoms with Crippen molar-refractivity contribution in [2.45, 2.75) is 135 Å². The fourth-order valence-electron chi connectivity index (χ4n) is 7.39. The molecule has 1 saturated heterocycles. The number of cyclic esters (lactones) is 1. The van der Waals surface area contributed by atoms with Crippen LogP contribution in [0.1, 0.15) is 86.6 Å². The monoisotopic (exact) mass is 749 g/mol. The number of esters is 2. The molecule has 298 valence electrons. The summed E-state index contributed by atoms with van der Waals surface area (Å²) in [5, 5.41) is 33.5. The third-order valence-corrected chi connectivity index (χ3v) is 10.6. The van der Waals surface area contributed by atoms with E-state index in [0.29, 0.717) is 18.4 Å². The van der Waals surface area contributed by atoms with Crippen molar-refractivity contribution >= 4 is 11.9 Å². The number of aliphatic hydroxyl groups is 3. The van der Waals surface area contributed by atoms with Crippen molar-refractivity contribution in [2.24, 2.45) is 17.8 Å². The van der Waals surface area contributed by atoms with Gasteiger partial charge >= 0.3 is 11.9 Å². The zero-order valence-corrected chi connectivity index (χ0v) is 32.8. The molecular weight excluding hydrogens is 688 g/mol. The van der Waals surface area contributed by atoms with Gasteiger partial charge in [0.1, 0.15) is 35.5 Å². The standard InChI is InChI=1S/C41H61F2NO9/c1-10-33(50-9)28(5)37-38(53-37)39(44(20-21-45)24-30-14-15-31(42)23-32(30)43)41(8,49)18-11-12-26(3)36-27(4)13-16-34(51-29(6)46)40(7,48)19-17-25(2)22-35(47)52-36/h11-16,18,23,25,27-28,33-34,36-39,45,48-49H,10,17,19-22,24H2,1-9H3/b16-13+,18-11+,26-12+/t25-,27+,28-,33+,34+,36?,37-,38+,39?,40-,41?/m1/s1. The van der Waals surface area contributed by atoms with Crippen LogP contribution in [0.4, 0.5) is 8.78 Å². The number of nitrogens with zero attached hydrogens (tertiary/aromatic N) is 1. The third kappa shape index (κ3) is 12.5. The molecule has 12 heteroatoms. The number of allylic oxidation sites excluding steroid dienone is 2. The maximum Gasteiger partial charge on any atom is 0.306 e. The fraction of sp³-hybridized carbons (Fsp3) is 0.659. The quantitative estimate of drug-likeness (QED) is 0.0872. The number of halogens is 2. The average molecular weight is 750 g/mol. The Morgan fingerprint density at radius 1 is 1.21 bits per heavy atom. The lowest BCUT2D eigenvalue weighted by Gasteiger charge is -2.39. The fourth-order valence-corrected chi connectivity index (χ4v) is 7.39. The Balaban J connectivity index is 1.99. The molecule has 0 radical (unpaired) electrons. The van der Waals surface area contributed by atoms with E-state index in [2.05, 4.69) is 0 Å². The van der Waals surface area contributed by atoms with Gasteiger partial charge < -0.3 is 34.3 Å². The Labute approximate surface area is 313 Å². The number of benzene rings is 1. The third-order valence-electron chi connectivity index (χ3n) is 10.6. The number of hydrogen-bond acceptors (Lipinski definition) is 10. The van der Waals surface area contributed by atoms with E-state index in [1.807, 2.05) is 27.7 Å². The molecule has 0 bridgehead atoms. The highest BCUT2D eigenvalue weighted by molar-refractivity contribution is 5.70.